The van der Waals surface area contributed by atoms with E-state index in [2.05, 4.69) is 5.32 Å². The predicted molar refractivity (Wildman–Crippen MR) is 138 cm³/mol. The van der Waals surface area contributed by atoms with Crippen molar-refractivity contribution in [3.63, 3.8) is 0 Å². The number of sulfonamides is 1. The van der Waals surface area contributed by atoms with Crippen LogP contribution in [0.25, 0.3) is 11.1 Å². The van der Waals surface area contributed by atoms with Crippen molar-refractivity contribution in [3.8, 4) is 11.1 Å². The summed E-state index contributed by atoms with van der Waals surface area (Å²) in [5, 5.41) is 3.00. The molecule has 0 aliphatic rings. The molecule has 0 aromatic heterocycles. The van der Waals surface area contributed by atoms with Crippen LogP contribution in [0.1, 0.15) is 21.5 Å². The average Bonchev–Trinajstić information content (AvgIpc) is 2.83. The number of amides is 1. The Balaban J connectivity index is 1.53. The molecule has 5 nitrogen and oxygen atoms in total. The van der Waals surface area contributed by atoms with Gasteiger partial charge in [-0.3, -0.25) is 9.10 Å². The zero-order chi connectivity index (χ0) is 24.1. The van der Waals surface area contributed by atoms with Gasteiger partial charge in [-0.15, -0.1) is 0 Å². The number of anilines is 2. The molecule has 1 amide bonds. The Labute approximate surface area is 200 Å². The summed E-state index contributed by atoms with van der Waals surface area (Å²) in [5.41, 5.74) is 5.56. The third kappa shape index (κ3) is 5.53. The summed E-state index contributed by atoms with van der Waals surface area (Å²) < 4.78 is 26.2. The second kappa shape index (κ2) is 9.93. The van der Waals surface area contributed by atoms with Crippen LogP contribution >= 0.6 is 0 Å². The van der Waals surface area contributed by atoms with Crippen LogP contribution in [0.2, 0.25) is 0 Å². The first kappa shape index (κ1) is 23.3. The van der Waals surface area contributed by atoms with E-state index in [-0.39, 0.29) is 12.5 Å². The monoisotopic (exact) mass is 470 g/mol. The van der Waals surface area contributed by atoms with Crippen LogP contribution in [0.5, 0.6) is 0 Å². The third-order valence-electron chi connectivity index (χ3n) is 5.49. The molecular weight excluding hydrogens is 444 g/mol. The van der Waals surface area contributed by atoms with Crippen LogP contribution < -0.4 is 9.62 Å². The minimum absolute atomic E-state index is 0.182. The van der Waals surface area contributed by atoms with Gasteiger partial charge in [0.05, 0.1) is 18.5 Å². The molecule has 0 spiro atoms. The second-order valence-electron chi connectivity index (χ2n) is 8.17. The Bertz CT molecular complexity index is 1400. The van der Waals surface area contributed by atoms with E-state index in [1.54, 1.807) is 30.3 Å². The maximum Gasteiger partial charge on any atom is 0.255 e. The van der Waals surface area contributed by atoms with E-state index in [1.165, 1.54) is 10.6 Å². The molecule has 1 N–H and O–H groups in total. The lowest BCUT2D eigenvalue weighted by atomic mass is 10.0. The molecule has 4 aromatic rings. The number of hydrogen-bond acceptors (Lipinski definition) is 3. The van der Waals surface area contributed by atoms with Crippen LogP contribution in [0.4, 0.5) is 11.4 Å². The fraction of sp³-hybridized carbons (Fsp3) is 0.107. The molecule has 0 saturated heterocycles. The number of carbonyl (C=O) groups is 1. The Hall–Kier alpha value is -3.90. The van der Waals surface area contributed by atoms with Gasteiger partial charge in [-0.1, -0.05) is 72.8 Å². The molecule has 4 rings (SSSR count). The molecule has 34 heavy (non-hydrogen) atoms. The first-order valence-electron chi connectivity index (χ1n) is 10.9. The number of nitrogens with zero attached hydrogens (tertiary/aromatic N) is 1. The Morgan fingerprint density at radius 2 is 1.50 bits per heavy atom. The molecule has 0 aliphatic heterocycles. The van der Waals surface area contributed by atoms with Gasteiger partial charge in [0.2, 0.25) is 10.0 Å². The van der Waals surface area contributed by atoms with Crippen LogP contribution in [0.3, 0.4) is 0 Å². The normalized spacial score (nSPS) is 11.1. The molecule has 6 heteroatoms. The van der Waals surface area contributed by atoms with Gasteiger partial charge in [-0.05, 0) is 53.9 Å². The molecule has 0 fully saturated rings. The molecule has 0 unspecified atom stereocenters. The van der Waals surface area contributed by atoms with Gasteiger partial charge in [0, 0.05) is 16.8 Å². The largest absolute Gasteiger partial charge is 0.321 e. The summed E-state index contributed by atoms with van der Waals surface area (Å²) in [6.45, 7) is 2.11. The van der Waals surface area contributed by atoms with Gasteiger partial charge in [0.15, 0.2) is 0 Å². The van der Waals surface area contributed by atoms with Crippen LogP contribution in [0.15, 0.2) is 103 Å². The molecule has 0 aliphatic carbocycles. The highest BCUT2D eigenvalue weighted by Gasteiger charge is 2.18. The van der Waals surface area contributed by atoms with E-state index < -0.39 is 10.0 Å². The molecule has 0 saturated carbocycles. The summed E-state index contributed by atoms with van der Waals surface area (Å²) in [4.78, 5) is 12.9. The van der Waals surface area contributed by atoms with E-state index >= 15 is 0 Å². The summed E-state index contributed by atoms with van der Waals surface area (Å²) >= 11 is 0. The van der Waals surface area contributed by atoms with E-state index in [0.717, 1.165) is 27.9 Å². The smallest absolute Gasteiger partial charge is 0.255 e. The summed E-state index contributed by atoms with van der Waals surface area (Å²) in [5.74, 6) is -0.228. The van der Waals surface area contributed by atoms with Crippen molar-refractivity contribution in [1.29, 1.82) is 0 Å². The number of hydrogen-bond donors (Lipinski definition) is 1. The highest BCUT2D eigenvalue weighted by Crippen LogP contribution is 2.28. The summed E-state index contributed by atoms with van der Waals surface area (Å²) in [6, 6.07) is 31.9. The second-order valence-corrected chi connectivity index (χ2v) is 10.1. The number of benzene rings is 4. The molecule has 0 atom stereocenters. The predicted octanol–water partition coefficient (Wildman–Crippen LogP) is 5.88. The summed E-state index contributed by atoms with van der Waals surface area (Å²) in [6.07, 6.45) is 1.20. The lowest BCUT2D eigenvalue weighted by Gasteiger charge is -2.23. The van der Waals surface area contributed by atoms with Crippen molar-refractivity contribution in [2.75, 3.05) is 15.9 Å². The fourth-order valence-electron chi connectivity index (χ4n) is 3.77. The first-order chi connectivity index (χ1) is 16.3. The molecule has 0 radical (unpaired) electrons. The standard InChI is InChI=1S/C28H26N2O3S/c1-21-9-8-12-25(19-21)30(34(2,32)33)20-22-15-17-24(18-16-22)28(31)29-27-14-7-6-13-26(27)23-10-4-3-5-11-23/h3-19H,20H2,1-2H3,(H,29,31). The van der Waals surface area contributed by atoms with Crippen LogP contribution in [-0.2, 0) is 16.6 Å². The minimum atomic E-state index is -3.48. The van der Waals surface area contributed by atoms with Crippen molar-refractivity contribution in [2.24, 2.45) is 0 Å². The van der Waals surface area contributed by atoms with E-state index in [0.29, 0.717) is 11.3 Å². The Morgan fingerprint density at radius 1 is 0.824 bits per heavy atom. The highest BCUT2D eigenvalue weighted by molar-refractivity contribution is 7.92. The first-order valence-corrected chi connectivity index (χ1v) is 12.8. The SMILES string of the molecule is Cc1cccc(N(Cc2ccc(C(=O)Nc3ccccc3-c3ccccc3)cc2)S(C)(=O)=O)c1. The minimum Gasteiger partial charge on any atom is -0.321 e. The van der Waals surface area contributed by atoms with Crippen molar-refractivity contribution in [3.05, 3.63) is 120 Å². The molecule has 0 bridgehead atoms. The van der Waals surface area contributed by atoms with Gasteiger partial charge in [0.1, 0.15) is 0 Å². The maximum absolute atomic E-state index is 12.9. The van der Waals surface area contributed by atoms with Crippen LogP contribution in [0, 0.1) is 6.92 Å². The van der Waals surface area contributed by atoms with Crippen molar-refractivity contribution in [1.82, 2.24) is 0 Å². The zero-order valence-electron chi connectivity index (χ0n) is 19.1. The lowest BCUT2D eigenvalue weighted by molar-refractivity contribution is 0.102. The lowest BCUT2D eigenvalue weighted by Crippen LogP contribution is -2.29. The van der Waals surface area contributed by atoms with Gasteiger partial charge in [-0.2, -0.15) is 0 Å². The molecule has 4 aromatic carbocycles. The summed E-state index contributed by atoms with van der Waals surface area (Å²) in [7, 11) is -3.48. The Kier molecular flexibility index (Phi) is 6.80. The number of para-hydroxylation sites is 1. The molecular formula is C28H26N2O3S. The van der Waals surface area contributed by atoms with Crippen LogP contribution in [-0.4, -0.2) is 20.6 Å². The van der Waals surface area contributed by atoms with Gasteiger partial charge in [0.25, 0.3) is 5.91 Å². The quantitative estimate of drug-likeness (QED) is 0.367. The number of nitrogens with one attached hydrogen (secondary N) is 1. The Morgan fingerprint density at radius 3 is 2.18 bits per heavy atom. The van der Waals surface area contributed by atoms with Crippen molar-refractivity contribution < 1.29 is 13.2 Å². The maximum atomic E-state index is 12.9. The number of carbonyl (C=O) groups excluding carboxylic acids is 1. The number of aryl methyl sites for hydroxylation is 1. The van der Waals surface area contributed by atoms with Gasteiger partial charge < -0.3 is 5.32 Å². The van der Waals surface area contributed by atoms with E-state index in [9.17, 15) is 13.2 Å². The van der Waals surface area contributed by atoms with E-state index in [1.807, 2.05) is 79.7 Å². The highest BCUT2D eigenvalue weighted by atomic mass is 32.2. The third-order valence-corrected chi connectivity index (χ3v) is 6.63. The molecule has 0 heterocycles. The molecule has 172 valence electrons. The topological polar surface area (TPSA) is 66.5 Å². The zero-order valence-corrected chi connectivity index (χ0v) is 19.9. The number of rotatable bonds is 7. The van der Waals surface area contributed by atoms with E-state index in [4.69, 9.17) is 0 Å². The average molecular weight is 471 g/mol. The van der Waals surface area contributed by atoms with Gasteiger partial charge in [-0.25, -0.2) is 8.42 Å². The van der Waals surface area contributed by atoms with Crippen molar-refractivity contribution in [2.45, 2.75) is 13.5 Å². The fourth-order valence-corrected chi connectivity index (χ4v) is 4.65. The van der Waals surface area contributed by atoms with Crippen molar-refractivity contribution >= 4 is 27.3 Å². The van der Waals surface area contributed by atoms with Gasteiger partial charge >= 0.3 is 0 Å².